The fourth-order valence-electron chi connectivity index (χ4n) is 3.45. The molecule has 1 aromatic heterocycles. The largest absolute Gasteiger partial charge is 0.465 e. The lowest BCUT2D eigenvalue weighted by Crippen LogP contribution is -2.50. The number of nitrogens with zero attached hydrogens (tertiary/aromatic N) is 4. The molecule has 6 nitrogen and oxygen atoms in total. The van der Waals surface area contributed by atoms with Crippen LogP contribution in [0.5, 0.6) is 0 Å². The van der Waals surface area contributed by atoms with Crippen molar-refractivity contribution in [3.8, 4) is 0 Å². The number of carbonyl (C=O) groups is 1. The van der Waals surface area contributed by atoms with E-state index in [2.05, 4.69) is 57.8 Å². The highest BCUT2D eigenvalue weighted by atomic mass is 79.9. The molecule has 3 heterocycles. The molecule has 1 N–H and O–H groups in total. The van der Waals surface area contributed by atoms with Gasteiger partial charge in [0.05, 0.1) is 24.0 Å². The number of amides is 1. The molecule has 0 bridgehead atoms. The average molecular weight is 395 g/mol. The van der Waals surface area contributed by atoms with Crippen LogP contribution in [0.2, 0.25) is 0 Å². The zero-order valence-electron chi connectivity index (χ0n) is 14.3. The third-order valence-corrected chi connectivity index (χ3v) is 4.93. The predicted molar refractivity (Wildman–Crippen MR) is 96.7 cm³/mol. The third kappa shape index (κ3) is 3.22. The van der Waals surface area contributed by atoms with Crippen LogP contribution in [0.25, 0.3) is 0 Å². The minimum atomic E-state index is -0.826. The van der Waals surface area contributed by atoms with E-state index >= 15 is 0 Å². The lowest BCUT2D eigenvalue weighted by atomic mass is 10.1. The van der Waals surface area contributed by atoms with Crippen molar-refractivity contribution < 1.29 is 9.90 Å². The topological polar surface area (TPSA) is 59.9 Å². The van der Waals surface area contributed by atoms with Crippen LogP contribution in [-0.2, 0) is 0 Å². The van der Waals surface area contributed by atoms with Crippen LogP contribution < -0.4 is 5.01 Å². The van der Waals surface area contributed by atoms with Crippen molar-refractivity contribution in [2.45, 2.75) is 39.2 Å². The van der Waals surface area contributed by atoms with Gasteiger partial charge >= 0.3 is 6.09 Å². The van der Waals surface area contributed by atoms with E-state index in [0.29, 0.717) is 13.1 Å². The molecule has 0 spiro atoms. The first-order chi connectivity index (χ1) is 11.3. The number of hydrogen-bond acceptors (Lipinski definition) is 4. The molecule has 2 aliphatic heterocycles. The molecule has 24 heavy (non-hydrogen) atoms. The number of hydrazine groups is 1. The SMILES string of the molecule is CC(C)(C)N1C2=C(CCN(C(=O)O)CC2)CN1c1ccc(Br)nc1. The molecule has 0 saturated heterocycles. The summed E-state index contributed by atoms with van der Waals surface area (Å²) in [6, 6.07) is 4.01. The van der Waals surface area contributed by atoms with Crippen LogP contribution in [0.1, 0.15) is 33.6 Å². The van der Waals surface area contributed by atoms with Gasteiger partial charge in [0.15, 0.2) is 0 Å². The van der Waals surface area contributed by atoms with Gasteiger partial charge in [0.25, 0.3) is 0 Å². The second-order valence-corrected chi connectivity index (χ2v) is 8.01. The van der Waals surface area contributed by atoms with Crippen molar-refractivity contribution >= 4 is 27.7 Å². The molecule has 1 aromatic rings. The van der Waals surface area contributed by atoms with E-state index in [4.69, 9.17) is 0 Å². The molecule has 2 aliphatic rings. The molecule has 7 heteroatoms. The van der Waals surface area contributed by atoms with Crippen molar-refractivity contribution in [1.82, 2.24) is 14.9 Å². The van der Waals surface area contributed by atoms with Crippen LogP contribution in [0.3, 0.4) is 0 Å². The molecule has 3 rings (SSSR count). The van der Waals surface area contributed by atoms with E-state index in [9.17, 15) is 9.90 Å². The Bertz CT molecular complexity index is 666. The maximum atomic E-state index is 11.3. The van der Waals surface area contributed by atoms with Gasteiger partial charge in [-0.1, -0.05) is 0 Å². The monoisotopic (exact) mass is 394 g/mol. The number of aromatic nitrogens is 1. The molecule has 0 radical (unpaired) electrons. The lowest BCUT2D eigenvalue weighted by Gasteiger charge is -2.43. The molecular formula is C17H23BrN4O2. The Balaban J connectivity index is 1.91. The first-order valence-electron chi connectivity index (χ1n) is 8.15. The summed E-state index contributed by atoms with van der Waals surface area (Å²) < 4.78 is 0.819. The van der Waals surface area contributed by atoms with Crippen LogP contribution in [0.4, 0.5) is 10.5 Å². The van der Waals surface area contributed by atoms with E-state index < -0.39 is 6.09 Å². The number of carboxylic acid groups (broad SMARTS) is 1. The molecule has 0 saturated carbocycles. The van der Waals surface area contributed by atoms with E-state index in [1.54, 1.807) is 0 Å². The molecule has 0 aliphatic carbocycles. The standard InChI is InChI=1S/C17H23BrN4O2/c1-17(2,3)22-14-7-9-20(16(23)24)8-6-12(14)11-21(22)13-4-5-15(18)19-10-13/h4-5,10H,6-9,11H2,1-3H3,(H,23,24). The Morgan fingerprint density at radius 2 is 1.96 bits per heavy atom. The highest BCUT2D eigenvalue weighted by molar-refractivity contribution is 9.10. The molecular weight excluding hydrogens is 372 g/mol. The van der Waals surface area contributed by atoms with Crippen LogP contribution in [0, 0.1) is 0 Å². The van der Waals surface area contributed by atoms with Crippen molar-refractivity contribution in [2.24, 2.45) is 0 Å². The third-order valence-electron chi connectivity index (χ3n) is 4.46. The summed E-state index contributed by atoms with van der Waals surface area (Å²) in [6.45, 7) is 8.46. The van der Waals surface area contributed by atoms with Crippen LogP contribution in [-0.4, -0.2) is 51.3 Å². The van der Waals surface area contributed by atoms with Gasteiger partial charge in [-0.15, -0.1) is 0 Å². The van der Waals surface area contributed by atoms with Gasteiger partial charge in [-0.05, 0) is 60.8 Å². The van der Waals surface area contributed by atoms with Gasteiger partial charge in [-0.25, -0.2) is 9.78 Å². The molecule has 0 fully saturated rings. The number of anilines is 1. The summed E-state index contributed by atoms with van der Waals surface area (Å²) in [7, 11) is 0. The first kappa shape index (κ1) is 17.1. The average Bonchev–Trinajstić information content (AvgIpc) is 2.74. The Hall–Kier alpha value is -1.76. The maximum Gasteiger partial charge on any atom is 0.407 e. The molecule has 0 aromatic carbocycles. The van der Waals surface area contributed by atoms with Crippen molar-refractivity contribution in [3.63, 3.8) is 0 Å². The van der Waals surface area contributed by atoms with Crippen molar-refractivity contribution in [2.75, 3.05) is 24.6 Å². The summed E-state index contributed by atoms with van der Waals surface area (Å²) in [5.41, 5.74) is 3.55. The van der Waals surface area contributed by atoms with Crippen molar-refractivity contribution in [1.29, 1.82) is 0 Å². The highest BCUT2D eigenvalue weighted by Gasteiger charge is 2.38. The van der Waals surface area contributed by atoms with Gasteiger partial charge in [0.1, 0.15) is 4.60 Å². The smallest absolute Gasteiger partial charge is 0.407 e. The Morgan fingerprint density at radius 1 is 1.25 bits per heavy atom. The van der Waals surface area contributed by atoms with E-state index in [0.717, 1.165) is 29.7 Å². The minimum absolute atomic E-state index is 0.0947. The van der Waals surface area contributed by atoms with Gasteiger partial charge in [0.2, 0.25) is 0 Å². The van der Waals surface area contributed by atoms with Crippen molar-refractivity contribution in [3.05, 3.63) is 34.2 Å². The summed E-state index contributed by atoms with van der Waals surface area (Å²) >= 11 is 3.39. The predicted octanol–water partition coefficient (Wildman–Crippen LogP) is 3.71. The molecule has 130 valence electrons. The lowest BCUT2D eigenvalue weighted by molar-refractivity contribution is 0.142. The Morgan fingerprint density at radius 3 is 2.54 bits per heavy atom. The fourth-order valence-corrected chi connectivity index (χ4v) is 3.69. The summed E-state index contributed by atoms with van der Waals surface area (Å²) in [6.07, 6.45) is 2.58. The summed E-state index contributed by atoms with van der Waals surface area (Å²) in [5, 5.41) is 13.9. The molecule has 1 amide bonds. The zero-order valence-corrected chi connectivity index (χ0v) is 15.9. The number of pyridine rings is 1. The summed E-state index contributed by atoms with van der Waals surface area (Å²) in [5.74, 6) is 0. The van der Waals surface area contributed by atoms with E-state index in [1.807, 2.05) is 12.3 Å². The summed E-state index contributed by atoms with van der Waals surface area (Å²) in [4.78, 5) is 17.2. The second kappa shape index (κ2) is 6.27. The second-order valence-electron chi connectivity index (χ2n) is 7.20. The van der Waals surface area contributed by atoms with Gasteiger partial charge in [-0.3, -0.25) is 10.0 Å². The quantitative estimate of drug-likeness (QED) is 0.735. The Labute approximate surface area is 150 Å². The van der Waals surface area contributed by atoms with E-state index in [1.165, 1.54) is 16.2 Å². The number of hydrogen-bond donors (Lipinski definition) is 1. The normalized spacial score (nSPS) is 18.8. The Kier molecular flexibility index (Phi) is 4.46. The van der Waals surface area contributed by atoms with Gasteiger partial charge < -0.3 is 10.0 Å². The first-order valence-corrected chi connectivity index (χ1v) is 8.94. The number of rotatable bonds is 1. The van der Waals surface area contributed by atoms with Crippen LogP contribution >= 0.6 is 15.9 Å². The van der Waals surface area contributed by atoms with E-state index in [-0.39, 0.29) is 5.54 Å². The minimum Gasteiger partial charge on any atom is -0.465 e. The fraction of sp³-hybridized carbons (Fsp3) is 0.529. The highest BCUT2D eigenvalue weighted by Crippen LogP contribution is 2.38. The molecule has 0 unspecified atom stereocenters. The van der Waals surface area contributed by atoms with Gasteiger partial charge in [0, 0.05) is 25.2 Å². The van der Waals surface area contributed by atoms with Crippen LogP contribution in [0.15, 0.2) is 34.2 Å². The zero-order chi connectivity index (χ0) is 17.5. The van der Waals surface area contributed by atoms with Gasteiger partial charge in [-0.2, -0.15) is 0 Å². The molecule has 0 atom stereocenters. The maximum absolute atomic E-state index is 11.3. The number of halogens is 1.